The van der Waals surface area contributed by atoms with Crippen molar-refractivity contribution >= 4 is 16.9 Å². The molecule has 1 N–H and O–H groups in total. The molecule has 2 heterocycles. The minimum absolute atomic E-state index is 0.0864. The van der Waals surface area contributed by atoms with Crippen LogP contribution in [0.5, 0.6) is 0 Å². The van der Waals surface area contributed by atoms with E-state index in [2.05, 4.69) is 48.0 Å². The van der Waals surface area contributed by atoms with Crippen molar-refractivity contribution in [2.45, 2.75) is 45.6 Å². The minimum atomic E-state index is -0.411. The predicted molar refractivity (Wildman–Crippen MR) is 133 cm³/mol. The largest absolute Gasteiger partial charge is 0.466 e. The molecule has 0 bridgehead atoms. The van der Waals surface area contributed by atoms with Crippen LogP contribution in [0.1, 0.15) is 50.2 Å². The van der Waals surface area contributed by atoms with E-state index in [0.29, 0.717) is 36.5 Å². The van der Waals surface area contributed by atoms with Crippen LogP contribution in [0.4, 0.5) is 0 Å². The molecule has 0 radical (unpaired) electrons. The van der Waals surface area contributed by atoms with Crippen LogP contribution in [0, 0.1) is 5.92 Å². The number of nitrogens with zero attached hydrogens (tertiary/aromatic N) is 2. The quantitative estimate of drug-likeness (QED) is 0.543. The number of para-hydroxylation sites is 1. The number of aromatic amines is 1. The average Bonchev–Trinajstić information content (AvgIpc) is 2.84. The molecular weight excluding hydrogens is 430 g/mol. The van der Waals surface area contributed by atoms with Crippen LogP contribution in [0.15, 0.2) is 58.1 Å². The van der Waals surface area contributed by atoms with Crippen molar-refractivity contribution in [3.8, 4) is 0 Å². The lowest BCUT2D eigenvalue weighted by atomic mass is 9.80. The summed E-state index contributed by atoms with van der Waals surface area (Å²) in [7, 11) is 0. The Balaban J connectivity index is 1.51. The van der Waals surface area contributed by atoms with E-state index < -0.39 is 5.69 Å². The van der Waals surface area contributed by atoms with Gasteiger partial charge in [-0.05, 0) is 55.0 Å². The van der Waals surface area contributed by atoms with E-state index in [4.69, 9.17) is 4.74 Å². The van der Waals surface area contributed by atoms with Gasteiger partial charge in [0.25, 0.3) is 5.56 Å². The monoisotopic (exact) mass is 463 g/mol. The average molecular weight is 464 g/mol. The Morgan fingerprint density at radius 3 is 2.53 bits per heavy atom. The predicted octanol–water partition coefficient (Wildman–Crippen LogP) is 3.48. The molecule has 0 saturated carbocycles. The van der Waals surface area contributed by atoms with Gasteiger partial charge < -0.3 is 14.6 Å². The SMILES string of the molecule is CCOC(=O)C1CN(CCn2c(=O)[nH]c3ccccc3c2=O)CCC1c1ccc(C(C)C)cc1. The molecule has 2 atom stereocenters. The number of fused-ring (bicyclic) bond motifs is 1. The van der Waals surface area contributed by atoms with Crippen LogP contribution in [0.2, 0.25) is 0 Å². The number of H-pyrrole nitrogens is 1. The summed E-state index contributed by atoms with van der Waals surface area (Å²) in [6, 6.07) is 15.6. The Morgan fingerprint density at radius 1 is 1.09 bits per heavy atom. The first-order valence-corrected chi connectivity index (χ1v) is 12.1. The van der Waals surface area contributed by atoms with Crippen molar-refractivity contribution in [2.75, 3.05) is 26.2 Å². The van der Waals surface area contributed by atoms with Crippen LogP contribution in [0.25, 0.3) is 10.9 Å². The Labute approximate surface area is 199 Å². The number of carbonyl (C=O) groups is 1. The molecule has 4 rings (SSSR count). The highest BCUT2D eigenvalue weighted by Gasteiger charge is 2.36. The minimum Gasteiger partial charge on any atom is -0.466 e. The lowest BCUT2D eigenvalue weighted by Gasteiger charge is -2.37. The van der Waals surface area contributed by atoms with Crippen LogP contribution < -0.4 is 11.2 Å². The second-order valence-corrected chi connectivity index (χ2v) is 9.31. The second-order valence-electron chi connectivity index (χ2n) is 9.31. The van der Waals surface area contributed by atoms with Crippen molar-refractivity contribution in [1.82, 2.24) is 14.5 Å². The molecule has 3 aromatic rings. The maximum absolute atomic E-state index is 12.9. The van der Waals surface area contributed by atoms with E-state index in [0.717, 1.165) is 18.5 Å². The lowest BCUT2D eigenvalue weighted by Crippen LogP contribution is -2.46. The fraction of sp³-hybridized carbons (Fsp3) is 0.444. The number of piperidine rings is 1. The normalized spacial score (nSPS) is 18.9. The van der Waals surface area contributed by atoms with E-state index in [1.165, 1.54) is 10.1 Å². The molecule has 7 heteroatoms. The number of nitrogens with one attached hydrogen (secondary N) is 1. The van der Waals surface area contributed by atoms with Crippen LogP contribution in [0.3, 0.4) is 0 Å². The molecule has 0 spiro atoms. The Bertz CT molecular complexity index is 1260. The summed E-state index contributed by atoms with van der Waals surface area (Å²) in [6.07, 6.45) is 0.813. The molecule has 0 amide bonds. The van der Waals surface area contributed by atoms with Gasteiger partial charge in [0.1, 0.15) is 0 Å². The molecule has 1 aliphatic rings. The highest BCUT2D eigenvalue weighted by Crippen LogP contribution is 2.34. The number of hydrogen-bond acceptors (Lipinski definition) is 5. The Hall–Kier alpha value is -3.19. The van der Waals surface area contributed by atoms with Gasteiger partial charge in [-0.3, -0.25) is 14.2 Å². The zero-order chi connectivity index (χ0) is 24.2. The van der Waals surface area contributed by atoms with Gasteiger partial charge in [-0.1, -0.05) is 50.2 Å². The first kappa shape index (κ1) is 24.0. The molecule has 0 aliphatic carbocycles. The van der Waals surface area contributed by atoms with Crippen molar-refractivity contribution in [3.05, 3.63) is 80.5 Å². The topological polar surface area (TPSA) is 84.4 Å². The van der Waals surface area contributed by atoms with Crippen molar-refractivity contribution in [2.24, 2.45) is 5.92 Å². The molecular formula is C27H33N3O4. The summed E-state index contributed by atoms with van der Waals surface area (Å²) in [5.74, 6) is 0.0674. The van der Waals surface area contributed by atoms with E-state index in [9.17, 15) is 14.4 Å². The van der Waals surface area contributed by atoms with E-state index >= 15 is 0 Å². The molecule has 180 valence electrons. The molecule has 1 saturated heterocycles. The number of rotatable bonds is 7. The van der Waals surface area contributed by atoms with Gasteiger partial charge in [0.15, 0.2) is 0 Å². The molecule has 1 fully saturated rings. The van der Waals surface area contributed by atoms with Crippen LogP contribution in [-0.2, 0) is 16.1 Å². The third kappa shape index (κ3) is 4.99. The Kier molecular flexibility index (Phi) is 7.32. The number of esters is 1. The zero-order valence-electron chi connectivity index (χ0n) is 20.1. The first-order valence-electron chi connectivity index (χ1n) is 12.1. The van der Waals surface area contributed by atoms with Crippen molar-refractivity contribution in [1.29, 1.82) is 0 Å². The van der Waals surface area contributed by atoms with Gasteiger partial charge >= 0.3 is 11.7 Å². The van der Waals surface area contributed by atoms with Gasteiger partial charge in [-0.2, -0.15) is 0 Å². The lowest BCUT2D eigenvalue weighted by molar-refractivity contribution is -0.150. The van der Waals surface area contributed by atoms with E-state index in [1.54, 1.807) is 24.3 Å². The summed E-state index contributed by atoms with van der Waals surface area (Å²) < 4.78 is 6.67. The number of benzene rings is 2. The maximum Gasteiger partial charge on any atom is 0.328 e. The van der Waals surface area contributed by atoms with Crippen LogP contribution >= 0.6 is 0 Å². The molecule has 1 aliphatic heterocycles. The number of aromatic nitrogens is 2. The second kappa shape index (κ2) is 10.4. The van der Waals surface area contributed by atoms with E-state index in [1.807, 2.05) is 6.92 Å². The fourth-order valence-corrected chi connectivity index (χ4v) is 4.88. The fourth-order valence-electron chi connectivity index (χ4n) is 4.88. The Morgan fingerprint density at radius 2 is 1.82 bits per heavy atom. The van der Waals surface area contributed by atoms with Gasteiger partial charge in [0.2, 0.25) is 0 Å². The van der Waals surface area contributed by atoms with Gasteiger partial charge in [-0.15, -0.1) is 0 Å². The van der Waals surface area contributed by atoms with Crippen LogP contribution in [-0.4, -0.2) is 46.7 Å². The number of ether oxygens (including phenoxy) is 1. The van der Waals surface area contributed by atoms with Gasteiger partial charge in [0, 0.05) is 19.6 Å². The highest BCUT2D eigenvalue weighted by atomic mass is 16.5. The number of hydrogen-bond donors (Lipinski definition) is 1. The summed E-state index contributed by atoms with van der Waals surface area (Å²) >= 11 is 0. The van der Waals surface area contributed by atoms with Gasteiger partial charge in [-0.25, -0.2) is 4.79 Å². The van der Waals surface area contributed by atoms with Gasteiger partial charge in [0.05, 0.1) is 23.4 Å². The molecule has 2 unspecified atom stereocenters. The molecule has 7 nitrogen and oxygen atoms in total. The highest BCUT2D eigenvalue weighted by molar-refractivity contribution is 5.77. The summed E-state index contributed by atoms with van der Waals surface area (Å²) in [5.41, 5.74) is 2.27. The standard InChI is InChI=1S/C27H33N3O4/c1-4-34-26(32)23-17-29(14-13-21(23)20-11-9-19(10-12-20)18(2)3)15-16-30-25(31)22-7-5-6-8-24(22)28-27(30)33/h5-12,18,21,23H,4,13-17H2,1-3H3,(H,28,33). The zero-order valence-corrected chi connectivity index (χ0v) is 20.1. The smallest absolute Gasteiger partial charge is 0.328 e. The van der Waals surface area contributed by atoms with Crippen molar-refractivity contribution in [3.63, 3.8) is 0 Å². The first-order chi connectivity index (χ1) is 16.4. The third-order valence-electron chi connectivity index (χ3n) is 6.85. The van der Waals surface area contributed by atoms with Crippen molar-refractivity contribution < 1.29 is 9.53 Å². The maximum atomic E-state index is 12.9. The summed E-state index contributed by atoms with van der Waals surface area (Å²) in [5, 5.41) is 0.495. The number of likely N-dealkylation sites (tertiary alicyclic amines) is 1. The third-order valence-corrected chi connectivity index (χ3v) is 6.85. The molecule has 2 aromatic carbocycles. The summed E-state index contributed by atoms with van der Waals surface area (Å²) in [4.78, 5) is 43.2. The molecule has 1 aromatic heterocycles. The van der Waals surface area contributed by atoms with E-state index in [-0.39, 0.29) is 29.9 Å². The molecule has 34 heavy (non-hydrogen) atoms. The number of carbonyl (C=O) groups excluding carboxylic acids is 1. The summed E-state index contributed by atoms with van der Waals surface area (Å²) in [6.45, 7) is 8.60.